The molecule has 0 saturated carbocycles. The Balaban J connectivity index is 2.31. The van der Waals surface area contributed by atoms with Crippen LogP contribution in [0.1, 0.15) is 24.0 Å². The highest BCUT2D eigenvalue weighted by Gasteiger charge is 1.97. The van der Waals surface area contributed by atoms with Crippen molar-refractivity contribution in [1.82, 2.24) is 0 Å². The lowest BCUT2D eigenvalue weighted by Crippen LogP contribution is -2.02. The van der Waals surface area contributed by atoms with Gasteiger partial charge in [-0.1, -0.05) is 30.8 Å². The molecule has 1 aromatic rings. The summed E-state index contributed by atoms with van der Waals surface area (Å²) in [7, 11) is 1.35. The monoisotopic (exact) mass is 288 g/mol. The van der Waals surface area contributed by atoms with E-state index in [1.807, 2.05) is 24.3 Å². The highest BCUT2D eigenvalue weighted by Crippen LogP contribution is 2.09. The van der Waals surface area contributed by atoms with Crippen LogP contribution in [0.25, 0.3) is 6.08 Å². The minimum atomic E-state index is -0.378. The summed E-state index contributed by atoms with van der Waals surface area (Å²) in [6.45, 7) is 3.76. The molecular formula is C17H20O4. The summed E-state index contributed by atoms with van der Waals surface area (Å²) in [5, 5.41) is 0. The molecule has 0 saturated heterocycles. The van der Waals surface area contributed by atoms with Gasteiger partial charge in [0.2, 0.25) is 0 Å². The number of esters is 2. The molecule has 0 fully saturated rings. The Kier molecular flexibility index (Phi) is 7.58. The van der Waals surface area contributed by atoms with Crippen molar-refractivity contribution in [1.29, 1.82) is 0 Å². The van der Waals surface area contributed by atoms with Crippen LogP contribution in [0.5, 0.6) is 0 Å². The lowest BCUT2D eigenvalue weighted by atomic mass is 10.1. The van der Waals surface area contributed by atoms with Crippen LogP contribution in [0, 0.1) is 0 Å². The standard InChI is InChI=1S/C17H20O4/c1-3-16(18)21-13-5-4-6-14-7-9-15(10-8-14)11-12-17(19)20-2/h3,7-12H,1,4-6,13H2,2H3. The van der Waals surface area contributed by atoms with Crippen molar-refractivity contribution < 1.29 is 19.1 Å². The largest absolute Gasteiger partial charge is 0.466 e. The molecule has 0 aromatic heterocycles. The molecule has 0 aliphatic rings. The highest BCUT2D eigenvalue weighted by molar-refractivity contribution is 5.86. The number of ether oxygens (including phenoxy) is 2. The van der Waals surface area contributed by atoms with E-state index in [0.717, 1.165) is 24.8 Å². The van der Waals surface area contributed by atoms with E-state index in [-0.39, 0.29) is 11.9 Å². The van der Waals surface area contributed by atoms with E-state index in [4.69, 9.17) is 4.74 Å². The third kappa shape index (κ3) is 7.11. The summed E-state index contributed by atoms with van der Waals surface area (Å²) in [6.07, 6.45) is 6.96. The Morgan fingerprint density at radius 1 is 1.14 bits per heavy atom. The summed E-state index contributed by atoms with van der Waals surface area (Å²) >= 11 is 0. The number of hydrogen-bond donors (Lipinski definition) is 0. The quantitative estimate of drug-likeness (QED) is 0.419. The molecule has 0 atom stereocenters. The molecule has 0 bridgehead atoms. The van der Waals surface area contributed by atoms with Crippen molar-refractivity contribution in [2.75, 3.05) is 13.7 Å². The molecule has 0 heterocycles. The zero-order valence-electron chi connectivity index (χ0n) is 12.2. The van der Waals surface area contributed by atoms with Crippen LogP contribution >= 0.6 is 0 Å². The van der Waals surface area contributed by atoms with E-state index in [1.165, 1.54) is 24.8 Å². The molecule has 0 spiro atoms. The van der Waals surface area contributed by atoms with Crippen molar-refractivity contribution in [2.45, 2.75) is 19.3 Å². The number of aryl methyl sites for hydroxylation is 1. The van der Waals surface area contributed by atoms with E-state index in [0.29, 0.717) is 6.61 Å². The van der Waals surface area contributed by atoms with Gasteiger partial charge in [0.15, 0.2) is 0 Å². The predicted octanol–water partition coefficient (Wildman–Crippen LogP) is 2.92. The molecule has 4 nitrogen and oxygen atoms in total. The second-order valence-corrected chi connectivity index (χ2v) is 4.43. The van der Waals surface area contributed by atoms with Gasteiger partial charge in [-0.05, 0) is 36.5 Å². The smallest absolute Gasteiger partial charge is 0.330 e. The normalized spacial score (nSPS) is 10.3. The van der Waals surface area contributed by atoms with Gasteiger partial charge in [0.05, 0.1) is 13.7 Å². The van der Waals surface area contributed by atoms with Crippen molar-refractivity contribution in [3.63, 3.8) is 0 Å². The van der Waals surface area contributed by atoms with E-state index < -0.39 is 0 Å². The van der Waals surface area contributed by atoms with Crippen LogP contribution in [0.2, 0.25) is 0 Å². The minimum absolute atomic E-state index is 0.367. The third-order valence-corrected chi connectivity index (χ3v) is 2.86. The number of carbonyl (C=O) groups is 2. The first-order valence-electron chi connectivity index (χ1n) is 6.80. The maximum Gasteiger partial charge on any atom is 0.330 e. The maximum atomic E-state index is 11.0. The van der Waals surface area contributed by atoms with Gasteiger partial charge in [0, 0.05) is 12.2 Å². The summed E-state index contributed by atoms with van der Waals surface area (Å²) in [6, 6.07) is 7.94. The van der Waals surface area contributed by atoms with Crippen molar-refractivity contribution >= 4 is 18.0 Å². The van der Waals surface area contributed by atoms with Gasteiger partial charge in [-0.2, -0.15) is 0 Å². The molecule has 112 valence electrons. The van der Waals surface area contributed by atoms with Gasteiger partial charge in [0.1, 0.15) is 0 Å². The fourth-order valence-corrected chi connectivity index (χ4v) is 1.69. The number of unbranched alkanes of at least 4 members (excludes halogenated alkanes) is 1. The molecule has 0 unspecified atom stereocenters. The number of methoxy groups -OCH3 is 1. The fraction of sp³-hybridized carbons (Fsp3) is 0.294. The third-order valence-electron chi connectivity index (χ3n) is 2.86. The van der Waals surface area contributed by atoms with E-state index in [2.05, 4.69) is 11.3 Å². The van der Waals surface area contributed by atoms with Crippen LogP contribution < -0.4 is 0 Å². The van der Waals surface area contributed by atoms with Gasteiger partial charge >= 0.3 is 11.9 Å². The summed E-state index contributed by atoms with van der Waals surface area (Å²) in [4.78, 5) is 21.8. The Labute approximate surface area is 125 Å². The summed E-state index contributed by atoms with van der Waals surface area (Å²) in [5.41, 5.74) is 2.16. The summed E-state index contributed by atoms with van der Waals surface area (Å²) < 4.78 is 9.43. The number of hydrogen-bond acceptors (Lipinski definition) is 4. The zero-order valence-corrected chi connectivity index (χ0v) is 12.2. The molecule has 0 N–H and O–H groups in total. The molecule has 0 aliphatic carbocycles. The van der Waals surface area contributed by atoms with Gasteiger partial charge < -0.3 is 9.47 Å². The molecule has 1 aromatic carbocycles. The van der Waals surface area contributed by atoms with Crippen molar-refractivity contribution in [2.24, 2.45) is 0 Å². The van der Waals surface area contributed by atoms with Crippen molar-refractivity contribution in [3.8, 4) is 0 Å². The molecule has 4 heteroatoms. The molecular weight excluding hydrogens is 268 g/mol. The molecule has 0 radical (unpaired) electrons. The Bertz CT molecular complexity index is 500. The van der Waals surface area contributed by atoms with E-state index >= 15 is 0 Å². The first-order valence-corrected chi connectivity index (χ1v) is 6.80. The van der Waals surface area contributed by atoms with Crippen LogP contribution in [-0.4, -0.2) is 25.7 Å². The Morgan fingerprint density at radius 2 is 1.86 bits per heavy atom. The van der Waals surface area contributed by atoms with Crippen LogP contribution in [0.15, 0.2) is 43.0 Å². The zero-order chi connectivity index (χ0) is 15.5. The number of benzene rings is 1. The average Bonchev–Trinajstić information content (AvgIpc) is 2.53. The lowest BCUT2D eigenvalue weighted by molar-refractivity contribution is -0.138. The highest BCUT2D eigenvalue weighted by atomic mass is 16.5. The van der Waals surface area contributed by atoms with E-state index in [1.54, 1.807) is 6.08 Å². The van der Waals surface area contributed by atoms with Gasteiger partial charge in [-0.15, -0.1) is 0 Å². The first kappa shape index (κ1) is 16.7. The van der Waals surface area contributed by atoms with Crippen LogP contribution in [0.3, 0.4) is 0 Å². The fourth-order valence-electron chi connectivity index (χ4n) is 1.69. The van der Waals surface area contributed by atoms with Gasteiger partial charge in [-0.3, -0.25) is 0 Å². The maximum absolute atomic E-state index is 11.0. The van der Waals surface area contributed by atoms with Crippen molar-refractivity contribution in [3.05, 3.63) is 54.1 Å². The summed E-state index contributed by atoms with van der Waals surface area (Å²) in [5.74, 6) is -0.745. The van der Waals surface area contributed by atoms with Crippen LogP contribution in [0.4, 0.5) is 0 Å². The average molecular weight is 288 g/mol. The lowest BCUT2D eigenvalue weighted by Gasteiger charge is -2.03. The SMILES string of the molecule is C=CC(=O)OCCCCc1ccc(C=CC(=O)OC)cc1. The predicted molar refractivity (Wildman–Crippen MR) is 81.6 cm³/mol. The molecule has 0 amide bonds. The van der Waals surface area contributed by atoms with Crippen LogP contribution in [-0.2, 0) is 25.5 Å². The number of carbonyl (C=O) groups excluding carboxylic acids is 2. The second kappa shape index (κ2) is 9.53. The second-order valence-electron chi connectivity index (χ2n) is 4.43. The Hall–Kier alpha value is -2.36. The molecule has 0 aliphatic heterocycles. The van der Waals surface area contributed by atoms with E-state index in [9.17, 15) is 9.59 Å². The first-order chi connectivity index (χ1) is 10.2. The molecule has 21 heavy (non-hydrogen) atoms. The topological polar surface area (TPSA) is 52.6 Å². The van der Waals surface area contributed by atoms with Gasteiger partial charge in [-0.25, -0.2) is 9.59 Å². The number of rotatable bonds is 8. The minimum Gasteiger partial charge on any atom is -0.466 e. The molecule has 1 rings (SSSR count). The Morgan fingerprint density at radius 3 is 2.48 bits per heavy atom. The van der Waals surface area contributed by atoms with Gasteiger partial charge in [0.25, 0.3) is 0 Å².